The number of anilines is 1. The molecule has 1 amide bonds. The number of halogens is 1. The molecule has 0 aliphatic heterocycles. The lowest BCUT2D eigenvalue weighted by atomic mass is 10.2. The second-order valence-electron chi connectivity index (χ2n) is 6.32. The van der Waals surface area contributed by atoms with E-state index in [-0.39, 0.29) is 33.3 Å². The zero-order valence-electron chi connectivity index (χ0n) is 17.0. The molecule has 0 heterocycles. The number of hydrogen-bond donors (Lipinski definition) is 1. The summed E-state index contributed by atoms with van der Waals surface area (Å²) in [5, 5.41) is 2.44. The molecule has 0 radical (unpaired) electrons. The van der Waals surface area contributed by atoms with Gasteiger partial charge in [0.25, 0.3) is 5.91 Å². The summed E-state index contributed by atoms with van der Waals surface area (Å²) in [5.41, 5.74) is 0.136. The average molecular weight is 469 g/mol. The SMILES string of the molecule is CCOC(=O)c1ccccc1NC(=O)COC(=O)c1cc(S(=O)(=O)N(C)C)ccc1Cl. The van der Waals surface area contributed by atoms with Crippen LogP contribution in [0.5, 0.6) is 0 Å². The van der Waals surface area contributed by atoms with E-state index in [4.69, 9.17) is 21.1 Å². The van der Waals surface area contributed by atoms with Crippen molar-refractivity contribution in [1.29, 1.82) is 0 Å². The third-order valence-corrected chi connectivity index (χ3v) is 6.11. The Morgan fingerprint density at radius 2 is 1.65 bits per heavy atom. The fourth-order valence-corrected chi connectivity index (χ4v) is 3.53. The number of amides is 1. The van der Waals surface area contributed by atoms with Crippen LogP contribution in [0.2, 0.25) is 5.02 Å². The van der Waals surface area contributed by atoms with Crippen molar-refractivity contribution in [3.05, 3.63) is 58.6 Å². The zero-order chi connectivity index (χ0) is 23.2. The van der Waals surface area contributed by atoms with E-state index in [0.29, 0.717) is 0 Å². The smallest absolute Gasteiger partial charge is 0.340 e. The van der Waals surface area contributed by atoms with Crippen LogP contribution >= 0.6 is 11.6 Å². The number of hydrogen-bond acceptors (Lipinski definition) is 7. The van der Waals surface area contributed by atoms with Gasteiger partial charge in [-0.05, 0) is 37.3 Å². The number of nitrogens with zero attached hydrogens (tertiary/aromatic N) is 1. The van der Waals surface area contributed by atoms with Gasteiger partial charge in [0.2, 0.25) is 10.0 Å². The topological polar surface area (TPSA) is 119 Å². The van der Waals surface area contributed by atoms with Crippen molar-refractivity contribution in [3.63, 3.8) is 0 Å². The van der Waals surface area contributed by atoms with E-state index in [1.54, 1.807) is 19.1 Å². The molecule has 0 aliphatic carbocycles. The van der Waals surface area contributed by atoms with Gasteiger partial charge < -0.3 is 14.8 Å². The number of ether oxygens (including phenoxy) is 2. The normalized spacial score (nSPS) is 11.1. The molecule has 0 saturated carbocycles. The van der Waals surface area contributed by atoms with Gasteiger partial charge in [-0.15, -0.1) is 0 Å². The second-order valence-corrected chi connectivity index (χ2v) is 8.88. The van der Waals surface area contributed by atoms with E-state index in [0.717, 1.165) is 10.4 Å². The summed E-state index contributed by atoms with van der Waals surface area (Å²) in [6.07, 6.45) is 0. The molecular weight excluding hydrogens is 448 g/mol. The Hall–Kier alpha value is -2.95. The van der Waals surface area contributed by atoms with Crippen molar-refractivity contribution in [2.45, 2.75) is 11.8 Å². The van der Waals surface area contributed by atoms with Gasteiger partial charge in [-0.1, -0.05) is 23.7 Å². The number of carbonyl (C=O) groups excluding carboxylic acids is 3. The lowest BCUT2D eigenvalue weighted by Gasteiger charge is -2.13. The lowest BCUT2D eigenvalue weighted by Crippen LogP contribution is -2.24. The van der Waals surface area contributed by atoms with Crippen molar-refractivity contribution in [2.24, 2.45) is 0 Å². The molecule has 2 rings (SSSR count). The molecule has 0 atom stereocenters. The zero-order valence-corrected chi connectivity index (χ0v) is 18.6. The molecule has 0 aliphatic rings. The minimum atomic E-state index is -3.80. The fraction of sp³-hybridized carbons (Fsp3) is 0.250. The third kappa shape index (κ3) is 6.03. The van der Waals surface area contributed by atoms with Gasteiger partial charge in [-0.25, -0.2) is 22.3 Å². The highest BCUT2D eigenvalue weighted by Crippen LogP contribution is 2.23. The van der Waals surface area contributed by atoms with Crippen LogP contribution in [0.1, 0.15) is 27.6 Å². The van der Waals surface area contributed by atoms with Crippen LogP contribution in [-0.4, -0.2) is 57.9 Å². The molecule has 2 aromatic rings. The summed E-state index contributed by atoms with van der Waals surface area (Å²) in [4.78, 5) is 36.4. The van der Waals surface area contributed by atoms with Gasteiger partial charge in [0.05, 0.1) is 33.3 Å². The van der Waals surface area contributed by atoms with Crippen molar-refractivity contribution >= 4 is 45.2 Å². The molecule has 2 aromatic carbocycles. The first-order chi connectivity index (χ1) is 14.6. The maximum atomic E-state index is 12.4. The number of para-hydroxylation sites is 1. The van der Waals surface area contributed by atoms with E-state index in [2.05, 4.69) is 5.32 Å². The van der Waals surface area contributed by atoms with Crippen LogP contribution in [0.25, 0.3) is 0 Å². The number of nitrogens with one attached hydrogen (secondary N) is 1. The summed E-state index contributed by atoms with van der Waals surface area (Å²) in [6, 6.07) is 9.79. The predicted octanol–water partition coefficient (Wildman–Crippen LogP) is 2.56. The van der Waals surface area contributed by atoms with Gasteiger partial charge in [0, 0.05) is 14.1 Å². The Labute approximate surface area is 184 Å². The van der Waals surface area contributed by atoms with Crippen LogP contribution in [-0.2, 0) is 24.3 Å². The van der Waals surface area contributed by atoms with E-state index in [1.165, 1.54) is 38.4 Å². The molecule has 0 fully saturated rings. The van der Waals surface area contributed by atoms with Gasteiger partial charge in [0.15, 0.2) is 6.61 Å². The van der Waals surface area contributed by atoms with E-state index in [9.17, 15) is 22.8 Å². The van der Waals surface area contributed by atoms with Crippen LogP contribution in [0.3, 0.4) is 0 Å². The molecular formula is C20H21ClN2O7S. The number of carbonyl (C=O) groups is 3. The fourth-order valence-electron chi connectivity index (χ4n) is 2.41. The first-order valence-corrected chi connectivity index (χ1v) is 10.8. The minimum Gasteiger partial charge on any atom is -0.462 e. The highest BCUT2D eigenvalue weighted by Gasteiger charge is 2.22. The lowest BCUT2D eigenvalue weighted by molar-refractivity contribution is -0.119. The van der Waals surface area contributed by atoms with Crippen LogP contribution in [0.15, 0.2) is 47.4 Å². The number of sulfonamides is 1. The molecule has 0 unspecified atom stereocenters. The van der Waals surface area contributed by atoms with Gasteiger partial charge >= 0.3 is 11.9 Å². The van der Waals surface area contributed by atoms with E-state index < -0.39 is 34.5 Å². The van der Waals surface area contributed by atoms with Crippen LogP contribution in [0.4, 0.5) is 5.69 Å². The molecule has 166 valence electrons. The predicted molar refractivity (Wildman–Crippen MR) is 114 cm³/mol. The standard InChI is InChI=1S/C20H21ClN2O7S/c1-4-29-19(25)14-7-5-6-8-17(14)22-18(24)12-30-20(26)15-11-13(9-10-16(15)21)31(27,28)23(2)3/h5-11H,4,12H2,1-3H3,(H,22,24). The Morgan fingerprint density at radius 1 is 1.00 bits per heavy atom. The molecule has 0 saturated heterocycles. The van der Waals surface area contributed by atoms with Gasteiger partial charge in [-0.3, -0.25) is 4.79 Å². The van der Waals surface area contributed by atoms with E-state index in [1.807, 2.05) is 0 Å². The molecule has 0 spiro atoms. The largest absolute Gasteiger partial charge is 0.462 e. The van der Waals surface area contributed by atoms with E-state index >= 15 is 0 Å². The molecule has 31 heavy (non-hydrogen) atoms. The summed E-state index contributed by atoms with van der Waals surface area (Å²) in [7, 11) is -1.10. The molecule has 0 aromatic heterocycles. The minimum absolute atomic E-state index is 0.0317. The highest BCUT2D eigenvalue weighted by atomic mass is 35.5. The quantitative estimate of drug-likeness (QED) is 0.591. The molecule has 1 N–H and O–H groups in total. The number of esters is 2. The average Bonchev–Trinajstić information content (AvgIpc) is 2.72. The highest BCUT2D eigenvalue weighted by molar-refractivity contribution is 7.89. The van der Waals surface area contributed by atoms with Crippen molar-refractivity contribution in [2.75, 3.05) is 32.6 Å². The summed E-state index contributed by atoms with van der Waals surface area (Å²) < 4.78 is 35.4. The molecule has 11 heteroatoms. The van der Waals surface area contributed by atoms with Crippen molar-refractivity contribution < 1.29 is 32.3 Å². The summed E-state index contributed by atoms with van der Waals surface area (Å²) >= 11 is 5.99. The molecule has 9 nitrogen and oxygen atoms in total. The van der Waals surface area contributed by atoms with Gasteiger partial charge in [-0.2, -0.15) is 0 Å². The number of benzene rings is 2. The number of rotatable bonds is 8. The van der Waals surface area contributed by atoms with Gasteiger partial charge in [0.1, 0.15) is 0 Å². The maximum absolute atomic E-state index is 12.4. The Morgan fingerprint density at radius 3 is 2.29 bits per heavy atom. The Balaban J connectivity index is 2.11. The maximum Gasteiger partial charge on any atom is 0.340 e. The molecule has 0 bridgehead atoms. The summed E-state index contributed by atoms with van der Waals surface area (Å²) in [5.74, 6) is -2.30. The first kappa shape index (κ1) is 24.3. The Kier molecular flexibility index (Phi) is 8.14. The van der Waals surface area contributed by atoms with Crippen LogP contribution < -0.4 is 5.32 Å². The van der Waals surface area contributed by atoms with Crippen LogP contribution in [0, 0.1) is 0 Å². The Bertz CT molecular complexity index is 1100. The first-order valence-electron chi connectivity index (χ1n) is 9.03. The monoisotopic (exact) mass is 468 g/mol. The van der Waals surface area contributed by atoms with Crippen molar-refractivity contribution in [1.82, 2.24) is 4.31 Å². The second kappa shape index (κ2) is 10.4. The van der Waals surface area contributed by atoms with Crippen molar-refractivity contribution in [3.8, 4) is 0 Å². The summed E-state index contributed by atoms with van der Waals surface area (Å²) in [6.45, 7) is 1.14. The third-order valence-electron chi connectivity index (χ3n) is 3.97.